The highest BCUT2D eigenvalue weighted by Gasteiger charge is 2.19. The molecule has 0 atom stereocenters. The van der Waals surface area contributed by atoms with Gasteiger partial charge in [0.15, 0.2) is 9.84 Å². The molecule has 0 rings (SSSR count). The van der Waals surface area contributed by atoms with Gasteiger partial charge in [-0.3, -0.25) is 0 Å². The number of hydrogen-bond acceptors (Lipinski definition) is 3. The third-order valence-electron chi connectivity index (χ3n) is 4.62. The van der Waals surface area contributed by atoms with Crippen LogP contribution < -0.4 is 0 Å². The van der Waals surface area contributed by atoms with Crippen LogP contribution in [0.15, 0.2) is 0 Å². The Morgan fingerprint density at radius 3 is 1.19 bits per heavy atom. The summed E-state index contributed by atoms with van der Waals surface area (Å²) in [7, 11) is -2.81. The van der Waals surface area contributed by atoms with Crippen molar-refractivity contribution in [3.8, 4) is 0 Å². The Bertz CT molecular complexity index is 383. The summed E-state index contributed by atoms with van der Waals surface area (Å²) in [4.78, 5) is 0. The van der Waals surface area contributed by atoms with Crippen molar-refractivity contribution in [1.82, 2.24) is 0 Å². The normalized spacial score (nSPS) is 12.4. The summed E-state index contributed by atoms with van der Waals surface area (Å²) in [5, 5.41) is -0.477. The van der Waals surface area contributed by atoms with Gasteiger partial charge in [-0.25, -0.2) is 8.42 Å². The van der Waals surface area contributed by atoms with Gasteiger partial charge in [-0.05, 0) is 65.2 Å². The van der Waals surface area contributed by atoms with Gasteiger partial charge >= 0.3 is 0 Å². The summed E-state index contributed by atoms with van der Waals surface area (Å²) in [6.45, 7) is 15.9. The van der Waals surface area contributed by atoms with E-state index in [2.05, 4.69) is 27.7 Å². The lowest BCUT2D eigenvalue weighted by atomic mass is 10.1. The first-order valence-electron chi connectivity index (χ1n) is 11.0. The van der Waals surface area contributed by atoms with Crippen molar-refractivity contribution >= 4 is 21.0 Å². The highest BCUT2D eigenvalue weighted by Crippen LogP contribution is 2.12. The summed E-state index contributed by atoms with van der Waals surface area (Å²) in [6.07, 6.45) is 10.1. The minimum absolute atomic E-state index is 0.238. The van der Waals surface area contributed by atoms with Crippen LogP contribution in [-0.4, -0.2) is 35.0 Å². The van der Waals surface area contributed by atoms with E-state index in [4.69, 9.17) is 0 Å². The van der Waals surface area contributed by atoms with Crippen LogP contribution in [0.4, 0.5) is 0 Å². The van der Waals surface area contributed by atoms with Crippen molar-refractivity contribution in [3.05, 3.63) is 0 Å². The zero-order valence-corrected chi connectivity index (χ0v) is 21.1. The molecule has 0 heterocycles. The van der Waals surface area contributed by atoms with Crippen molar-refractivity contribution in [2.24, 2.45) is 11.8 Å². The van der Waals surface area contributed by atoms with E-state index < -0.39 is 21.0 Å². The molecule has 5 heteroatoms. The Balaban J connectivity index is 0. The molecule has 0 spiro atoms. The number of hydrogen-bond donors (Lipinski definition) is 0. The maximum atomic E-state index is 11.7. The summed E-state index contributed by atoms with van der Waals surface area (Å²) >= 11 is -0.548. The van der Waals surface area contributed by atoms with Gasteiger partial charge < -0.3 is 4.55 Å². The van der Waals surface area contributed by atoms with Crippen molar-refractivity contribution in [2.45, 2.75) is 117 Å². The van der Waals surface area contributed by atoms with E-state index in [1.54, 1.807) is 27.7 Å². The maximum absolute atomic E-state index is 11.7. The Hall–Kier alpha value is 0.260. The molecule has 0 bridgehead atoms. The second-order valence-electron chi connectivity index (χ2n) is 9.02. The van der Waals surface area contributed by atoms with Gasteiger partial charge in [0.05, 0.1) is 10.5 Å². The minimum Gasteiger partial charge on any atom is -0.616 e. The second kappa shape index (κ2) is 17.1. The van der Waals surface area contributed by atoms with E-state index in [0.29, 0.717) is 0 Å². The van der Waals surface area contributed by atoms with Crippen molar-refractivity contribution < 1.29 is 13.0 Å². The number of rotatable bonds is 14. The molecule has 0 N–H and O–H groups in total. The van der Waals surface area contributed by atoms with E-state index in [-0.39, 0.29) is 10.5 Å². The monoisotopic (exact) mass is 424 g/mol. The maximum Gasteiger partial charge on any atom is 0.154 e. The molecular weight excluding hydrogens is 376 g/mol. The average molecular weight is 425 g/mol. The molecule has 0 saturated heterocycles. The molecule has 0 aliphatic heterocycles. The molecule has 0 aliphatic rings. The van der Waals surface area contributed by atoms with Crippen LogP contribution in [0, 0.1) is 11.8 Å². The smallest absolute Gasteiger partial charge is 0.154 e. The van der Waals surface area contributed by atoms with Gasteiger partial charge in [-0.15, -0.1) is 0 Å². The summed E-state index contributed by atoms with van der Waals surface area (Å²) in [5.41, 5.74) is 0. The molecular formula is C22H48O3S2. The topological polar surface area (TPSA) is 57.2 Å². The first-order valence-corrected chi connectivity index (χ1v) is 14.1. The fraction of sp³-hybridized carbons (Fsp3) is 1.00. The van der Waals surface area contributed by atoms with Crippen LogP contribution in [-0.2, 0) is 21.0 Å². The van der Waals surface area contributed by atoms with Gasteiger partial charge in [0.2, 0.25) is 0 Å². The molecule has 166 valence electrons. The van der Waals surface area contributed by atoms with E-state index in [1.165, 1.54) is 38.5 Å². The van der Waals surface area contributed by atoms with Gasteiger partial charge in [0.1, 0.15) is 11.5 Å². The van der Waals surface area contributed by atoms with E-state index >= 15 is 0 Å². The standard InChI is InChI=1S/C16H34OS.C6H14O2S/c1-15(2)11-7-5-9-13-18(17)14-10-6-8-12-16(3)4;1-5(2)9(7,8)6(3)4/h15-16H,5-14H2,1-4H3;5-6H,1-4H3. The van der Waals surface area contributed by atoms with E-state index in [0.717, 1.165) is 36.2 Å². The first kappa shape index (κ1) is 29.5. The molecule has 0 aromatic rings. The third kappa shape index (κ3) is 19.4. The van der Waals surface area contributed by atoms with Gasteiger partial charge in [0.25, 0.3) is 0 Å². The molecule has 0 aromatic carbocycles. The van der Waals surface area contributed by atoms with E-state index in [9.17, 15) is 13.0 Å². The van der Waals surface area contributed by atoms with Crippen molar-refractivity contribution in [2.75, 3.05) is 11.5 Å². The van der Waals surface area contributed by atoms with Crippen LogP contribution in [0.25, 0.3) is 0 Å². The van der Waals surface area contributed by atoms with Crippen LogP contribution in [0.5, 0.6) is 0 Å². The fourth-order valence-electron chi connectivity index (χ4n) is 2.63. The summed E-state index contributed by atoms with van der Waals surface area (Å²) in [6, 6.07) is 0. The lowest BCUT2D eigenvalue weighted by Crippen LogP contribution is -2.23. The SMILES string of the molecule is CC(C)CCCCC[S+]([O-])CCCCCC(C)C.CC(C)S(=O)(=O)C(C)C. The highest BCUT2D eigenvalue weighted by molar-refractivity contribution is 7.92. The molecule has 0 aromatic heterocycles. The molecule has 0 saturated carbocycles. The molecule has 0 unspecified atom stereocenters. The first-order chi connectivity index (χ1) is 12.4. The Labute approximate surface area is 174 Å². The predicted octanol–water partition coefficient (Wildman–Crippen LogP) is 6.39. The molecule has 3 nitrogen and oxygen atoms in total. The third-order valence-corrected chi connectivity index (χ3v) is 8.74. The number of sulfone groups is 1. The van der Waals surface area contributed by atoms with Gasteiger partial charge in [0, 0.05) is 0 Å². The molecule has 0 aliphatic carbocycles. The predicted molar refractivity (Wildman–Crippen MR) is 124 cm³/mol. The summed E-state index contributed by atoms with van der Waals surface area (Å²) < 4.78 is 33.8. The Morgan fingerprint density at radius 1 is 0.630 bits per heavy atom. The average Bonchev–Trinajstić information content (AvgIpc) is 2.53. The van der Waals surface area contributed by atoms with Crippen molar-refractivity contribution in [3.63, 3.8) is 0 Å². The van der Waals surface area contributed by atoms with Gasteiger partial charge in [-0.2, -0.15) is 0 Å². The number of unbranched alkanes of at least 4 members (excludes halogenated alkanes) is 4. The second-order valence-corrected chi connectivity index (χ2v) is 13.8. The molecule has 0 fully saturated rings. The molecule has 0 amide bonds. The molecule has 0 radical (unpaired) electrons. The zero-order chi connectivity index (χ0) is 21.5. The van der Waals surface area contributed by atoms with Crippen LogP contribution in [0.1, 0.15) is 107 Å². The van der Waals surface area contributed by atoms with Crippen LogP contribution in [0.2, 0.25) is 0 Å². The minimum atomic E-state index is -2.81. The largest absolute Gasteiger partial charge is 0.616 e. The summed E-state index contributed by atoms with van der Waals surface area (Å²) in [5.74, 6) is 3.50. The van der Waals surface area contributed by atoms with Crippen LogP contribution >= 0.6 is 0 Å². The Morgan fingerprint density at radius 2 is 0.963 bits per heavy atom. The Kier molecular flexibility index (Phi) is 18.7. The molecule has 27 heavy (non-hydrogen) atoms. The lowest BCUT2D eigenvalue weighted by Gasteiger charge is -2.11. The zero-order valence-electron chi connectivity index (χ0n) is 19.4. The quantitative estimate of drug-likeness (QED) is 0.240. The van der Waals surface area contributed by atoms with Crippen molar-refractivity contribution in [1.29, 1.82) is 0 Å². The van der Waals surface area contributed by atoms with E-state index in [1.807, 2.05) is 0 Å². The van der Waals surface area contributed by atoms with Gasteiger partial charge in [-0.1, -0.05) is 64.6 Å². The lowest BCUT2D eigenvalue weighted by molar-refractivity contribution is 0.527. The highest BCUT2D eigenvalue weighted by atomic mass is 32.2. The fourth-order valence-corrected chi connectivity index (χ4v) is 4.98. The van der Waals surface area contributed by atoms with Crippen LogP contribution in [0.3, 0.4) is 0 Å².